The van der Waals surface area contributed by atoms with Crippen LogP contribution in [0.15, 0.2) is 85.2 Å². The van der Waals surface area contributed by atoms with Gasteiger partial charge in [-0.15, -0.1) is 0 Å². The van der Waals surface area contributed by atoms with Crippen LogP contribution in [-0.4, -0.2) is 9.97 Å². The van der Waals surface area contributed by atoms with Crippen LogP contribution in [0.1, 0.15) is 0 Å². The number of nitrogens with zero attached hydrogens (tertiary/aromatic N) is 3. The molecule has 6 nitrogen and oxygen atoms in total. The molecule has 0 bridgehead atoms. The number of halogens is 2. The zero-order chi connectivity index (χ0) is 20.9. The lowest BCUT2D eigenvalue weighted by molar-refractivity contribution is 1.09. The molecule has 4 rings (SSSR count). The van der Waals surface area contributed by atoms with Gasteiger partial charge in [0.2, 0.25) is 0 Å². The molecule has 1 aromatic heterocycles. The number of para-hydroxylation sites is 2. The zero-order valence-electron chi connectivity index (χ0n) is 15.8. The molecule has 0 atom stereocenters. The Balaban J connectivity index is 1.67. The van der Waals surface area contributed by atoms with Crippen molar-refractivity contribution in [2.24, 2.45) is 0 Å². The van der Waals surface area contributed by atoms with Crippen LogP contribution in [0.4, 0.5) is 34.4 Å². The SMILES string of the molecule is Nc1c(Nc2ccc(Cl)cc2Cl)ncnc1NN(c1ccccc1)c1ccccc1. The first-order valence-corrected chi connectivity index (χ1v) is 9.87. The molecule has 0 unspecified atom stereocenters. The monoisotopic (exact) mass is 436 g/mol. The van der Waals surface area contributed by atoms with Gasteiger partial charge >= 0.3 is 0 Å². The topological polar surface area (TPSA) is 79.1 Å². The van der Waals surface area contributed by atoms with Gasteiger partial charge in [-0.25, -0.2) is 9.97 Å². The number of aromatic nitrogens is 2. The highest BCUT2D eigenvalue weighted by molar-refractivity contribution is 6.36. The van der Waals surface area contributed by atoms with Crippen LogP contribution in [0.2, 0.25) is 10.0 Å². The van der Waals surface area contributed by atoms with E-state index in [0.717, 1.165) is 11.4 Å². The molecule has 4 aromatic rings. The van der Waals surface area contributed by atoms with E-state index >= 15 is 0 Å². The van der Waals surface area contributed by atoms with Gasteiger partial charge in [0, 0.05) is 5.02 Å². The van der Waals surface area contributed by atoms with Crippen LogP contribution in [0.25, 0.3) is 0 Å². The van der Waals surface area contributed by atoms with Crippen LogP contribution in [0, 0.1) is 0 Å². The molecule has 0 radical (unpaired) electrons. The number of anilines is 6. The van der Waals surface area contributed by atoms with Gasteiger partial charge in [-0.1, -0.05) is 59.6 Å². The van der Waals surface area contributed by atoms with Crippen molar-refractivity contribution in [2.45, 2.75) is 0 Å². The normalized spacial score (nSPS) is 10.5. The molecule has 0 saturated heterocycles. The fourth-order valence-electron chi connectivity index (χ4n) is 2.84. The van der Waals surface area contributed by atoms with Crippen molar-refractivity contribution in [1.82, 2.24) is 9.97 Å². The summed E-state index contributed by atoms with van der Waals surface area (Å²) in [5.41, 5.74) is 12.5. The number of benzene rings is 3. The molecule has 0 saturated carbocycles. The quantitative estimate of drug-likeness (QED) is 0.309. The van der Waals surface area contributed by atoms with Crippen molar-refractivity contribution < 1.29 is 0 Å². The van der Waals surface area contributed by atoms with E-state index in [4.69, 9.17) is 28.9 Å². The average Bonchev–Trinajstić information content (AvgIpc) is 2.77. The predicted octanol–water partition coefficient (Wildman–Crippen LogP) is 6.27. The molecule has 0 aliphatic rings. The largest absolute Gasteiger partial charge is 0.393 e. The van der Waals surface area contributed by atoms with Crippen molar-refractivity contribution in [1.29, 1.82) is 0 Å². The molecule has 4 N–H and O–H groups in total. The maximum absolute atomic E-state index is 6.37. The van der Waals surface area contributed by atoms with Crippen LogP contribution in [0.3, 0.4) is 0 Å². The summed E-state index contributed by atoms with van der Waals surface area (Å²) in [6.07, 6.45) is 1.43. The highest BCUT2D eigenvalue weighted by Crippen LogP contribution is 2.33. The van der Waals surface area contributed by atoms with Crippen molar-refractivity contribution >= 4 is 57.6 Å². The first-order chi connectivity index (χ1) is 14.6. The fourth-order valence-corrected chi connectivity index (χ4v) is 3.30. The minimum atomic E-state index is 0.348. The Kier molecular flexibility index (Phi) is 5.88. The summed E-state index contributed by atoms with van der Waals surface area (Å²) in [6.45, 7) is 0. The van der Waals surface area contributed by atoms with E-state index in [0.29, 0.717) is 33.1 Å². The second-order valence-electron chi connectivity index (χ2n) is 6.35. The van der Waals surface area contributed by atoms with E-state index in [1.165, 1.54) is 6.33 Å². The molecule has 1 heterocycles. The van der Waals surface area contributed by atoms with Gasteiger partial charge in [0.05, 0.1) is 22.1 Å². The third kappa shape index (κ3) is 4.40. The third-order valence-corrected chi connectivity index (χ3v) is 4.86. The van der Waals surface area contributed by atoms with E-state index in [9.17, 15) is 0 Å². The van der Waals surface area contributed by atoms with Crippen molar-refractivity contribution in [3.8, 4) is 0 Å². The molecular formula is C22H18Cl2N6. The van der Waals surface area contributed by atoms with E-state index in [2.05, 4.69) is 20.7 Å². The Morgan fingerprint density at radius 1 is 0.767 bits per heavy atom. The maximum atomic E-state index is 6.37. The number of nitrogens with two attached hydrogens (primary N) is 1. The molecule has 0 fully saturated rings. The second kappa shape index (κ2) is 8.90. The number of hydrogen-bond acceptors (Lipinski definition) is 6. The number of hydrazine groups is 1. The Labute approximate surface area is 184 Å². The Bertz CT molecular complexity index is 1100. The summed E-state index contributed by atoms with van der Waals surface area (Å²) in [4.78, 5) is 8.58. The van der Waals surface area contributed by atoms with Crippen molar-refractivity contribution in [3.05, 3.63) is 95.2 Å². The first kappa shape index (κ1) is 19.8. The molecule has 150 valence electrons. The molecule has 0 aliphatic carbocycles. The number of nitrogen functional groups attached to an aromatic ring is 1. The third-order valence-electron chi connectivity index (χ3n) is 4.31. The van der Waals surface area contributed by atoms with Gasteiger partial charge in [0.15, 0.2) is 11.6 Å². The lowest BCUT2D eigenvalue weighted by Crippen LogP contribution is -2.26. The van der Waals surface area contributed by atoms with Gasteiger partial charge in [-0.2, -0.15) is 0 Å². The fraction of sp³-hybridized carbons (Fsp3) is 0. The van der Waals surface area contributed by atoms with E-state index < -0.39 is 0 Å². The summed E-state index contributed by atoms with van der Waals surface area (Å²) in [6, 6.07) is 24.9. The molecular weight excluding hydrogens is 419 g/mol. The van der Waals surface area contributed by atoms with Crippen LogP contribution in [-0.2, 0) is 0 Å². The summed E-state index contributed by atoms with van der Waals surface area (Å²) in [5.74, 6) is 0.878. The van der Waals surface area contributed by atoms with Crippen LogP contribution in [0.5, 0.6) is 0 Å². The van der Waals surface area contributed by atoms with Crippen LogP contribution < -0.4 is 21.5 Å². The van der Waals surface area contributed by atoms with Gasteiger partial charge < -0.3 is 11.1 Å². The predicted molar refractivity (Wildman–Crippen MR) is 125 cm³/mol. The standard InChI is InChI=1S/C22H18Cl2N6/c23-15-11-12-19(18(24)13-15)28-21-20(25)22(27-14-26-21)29-30(16-7-3-1-4-8-16)17-9-5-2-6-10-17/h1-14H,25H2,(H2,26,27,28,29). The van der Waals surface area contributed by atoms with E-state index in [1.54, 1.807) is 18.2 Å². The Morgan fingerprint density at radius 2 is 1.37 bits per heavy atom. The van der Waals surface area contributed by atoms with Gasteiger partial charge in [-0.3, -0.25) is 10.4 Å². The van der Waals surface area contributed by atoms with Gasteiger partial charge in [0.25, 0.3) is 0 Å². The maximum Gasteiger partial charge on any atom is 0.173 e. The highest BCUT2D eigenvalue weighted by atomic mass is 35.5. The zero-order valence-corrected chi connectivity index (χ0v) is 17.3. The highest BCUT2D eigenvalue weighted by Gasteiger charge is 2.15. The number of nitrogens with one attached hydrogen (secondary N) is 2. The summed E-state index contributed by atoms with van der Waals surface area (Å²) in [7, 11) is 0. The van der Waals surface area contributed by atoms with E-state index in [-0.39, 0.29) is 0 Å². The number of rotatable bonds is 6. The Hall–Kier alpha value is -3.48. The summed E-state index contributed by atoms with van der Waals surface area (Å²) in [5, 5.41) is 6.05. The molecule has 0 aliphatic heterocycles. The minimum absolute atomic E-state index is 0.348. The van der Waals surface area contributed by atoms with Crippen molar-refractivity contribution in [3.63, 3.8) is 0 Å². The molecule has 0 spiro atoms. The second-order valence-corrected chi connectivity index (χ2v) is 7.20. The van der Waals surface area contributed by atoms with Gasteiger partial charge in [-0.05, 0) is 42.5 Å². The summed E-state index contributed by atoms with van der Waals surface area (Å²) < 4.78 is 0. The first-order valence-electron chi connectivity index (χ1n) is 9.11. The molecule has 8 heteroatoms. The van der Waals surface area contributed by atoms with Crippen LogP contribution >= 0.6 is 23.2 Å². The molecule has 3 aromatic carbocycles. The molecule has 0 amide bonds. The van der Waals surface area contributed by atoms with Crippen molar-refractivity contribution in [2.75, 3.05) is 21.5 Å². The average molecular weight is 437 g/mol. The van der Waals surface area contributed by atoms with E-state index in [1.807, 2.05) is 65.7 Å². The molecule has 30 heavy (non-hydrogen) atoms. The minimum Gasteiger partial charge on any atom is -0.393 e. The Morgan fingerprint density at radius 3 is 1.97 bits per heavy atom. The number of hydrogen-bond donors (Lipinski definition) is 3. The smallest absolute Gasteiger partial charge is 0.173 e. The lowest BCUT2D eigenvalue weighted by atomic mass is 10.2. The lowest BCUT2D eigenvalue weighted by Gasteiger charge is -2.26. The summed E-state index contributed by atoms with van der Waals surface area (Å²) >= 11 is 12.2. The van der Waals surface area contributed by atoms with Gasteiger partial charge in [0.1, 0.15) is 12.0 Å².